The number of aromatic nitrogens is 3. The molecule has 1 atom stereocenters. The number of hydrogen-bond donors (Lipinski definition) is 2. The van der Waals surface area contributed by atoms with Crippen molar-refractivity contribution in [2.75, 3.05) is 5.73 Å². The summed E-state index contributed by atoms with van der Waals surface area (Å²) in [7, 11) is 1.83. The Morgan fingerprint density at radius 3 is 2.80 bits per heavy atom. The average Bonchev–Trinajstić information content (AvgIpc) is 2.84. The lowest BCUT2D eigenvalue weighted by atomic mass is 10.1. The third-order valence-electron chi connectivity index (χ3n) is 3.47. The Morgan fingerprint density at radius 2 is 2.24 bits per heavy atom. The number of carbonyl (C=O) groups excluding carboxylic acids is 1. The summed E-state index contributed by atoms with van der Waals surface area (Å²) in [6, 6.07) is 3.40. The quantitative estimate of drug-likeness (QED) is 0.813. The second-order valence-electron chi connectivity index (χ2n) is 6.76. The van der Waals surface area contributed by atoms with Gasteiger partial charge in [0.15, 0.2) is 0 Å². The zero-order chi connectivity index (χ0) is 18.6. The van der Waals surface area contributed by atoms with E-state index in [4.69, 9.17) is 10.5 Å². The number of amides is 1. The smallest absolute Gasteiger partial charge is 0.408 e. The molecule has 1 unspecified atom stereocenters. The topological polar surface area (TPSA) is 95.1 Å². The molecule has 1 amide bonds. The first kappa shape index (κ1) is 18.5. The van der Waals surface area contributed by atoms with Gasteiger partial charge < -0.3 is 15.8 Å². The van der Waals surface area contributed by atoms with Crippen molar-refractivity contribution in [1.82, 2.24) is 20.1 Å². The summed E-state index contributed by atoms with van der Waals surface area (Å²) in [5, 5.41) is 7.00. The van der Waals surface area contributed by atoms with Crippen LogP contribution in [-0.4, -0.2) is 26.5 Å². The number of nitrogens with one attached hydrogen (secondary N) is 1. The largest absolute Gasteiger partial charge is 0.444 e. The number of carbonyl (C=O) groups is 1. The molecule has 7 heteroatoms. The number of nitrogens with two attached hydrogens (primary N) is 1. The monoisotopic (exact) mass is 343 g/mol. The van der Waals surface area contributed by atoms with E-state index in [1.54, 1.807) is 23.2 Å². The molecule has 0 aliphatic carbocycles. The predicted octanol–water partition coefficient (Wildman–Crippen LogP) is 3.21. The van der Waals surface area contributed by atoms with Crippen LogP contribution in [0.4, 0.5) is 10.5 Å². The third-order valence-corrected chi connectivity index (χ3v) is 3.47. The van der Waals surface area contributed by atoms with Crippen LogP contribution in [0, 0.1) is 0 Å². The van der Waals surface area contributed by atoms with E-state index in [0.29, 0.717) is 17.8 Å². The van der Waals surface area contributed by atoms with Crippen molar-refractivity contribution in [1.29, 1.82) is 0 Å². The molecule has 7 nitrogen and oxygen atoms in total. The van der Waals surface area contributed by atoms with Crippen molar-refractivity contribution in [3.8, 4) is 11.3 Å². The van der Waals surface area contributed by atoms with E-state index >= 15 is 0 Å². The van der Waals surface area contributed by atoms with Crippen LogP contribution in [0.5, 0.6) is 0 Å². The molecular formula is C18H25N5O2. The molecule has 0 saturated heterocycles. The highest BCUT2D eigenvalue weighted by Gasteiger charge is 2.21. The Hall–Kier alpha value is -2.83. The summed E-state index contributed by atoms with van der Waals surface area (Å²) in [5.74, 6) is 0. The van der Waals surface area contributed by atoms with Crippen LogP contribution in [0.15, 0.2) is 37.2 Å². The maximum atomic E-state index is 12.1. The summed E-state index contributed by atoms with van der Waals surface area (Å²) in [5.41, 5.74) is 8.39. The van der Waals surface area contributed by atoms with E-state index in [9.17, 15) is 4.79 Å². The van der Waals surface area contributed by atoms with Crippen LogP contribution >= 0.6 is 0 Å². The molecule has 0 spiro atoms. The fourth-order valence-electron chi connectivity index (χ4n) is 2.46. The van der Waals surface area contributed by atoms with Crippen LogP contribution in [0.25, 0.3) is 11.3 Å². The fraction of sp³-hybridized carbons (Fsp3) is 0.389. The first-order chi connectivity index (χ1) is 11.7. The first-order valence-electron chi connectivity index (χ1n) is 8.05. The van der Waals surface area contributed by atoms with E-state index in [-0.39, 0.29) is 6.04 Å². The van der Waals surface area contributed by atoms with Crippen LogP contribution < -0.4 is 11.1 Å². The minimum atomic E-state index is -0.568. The van der Waals surface area contributed by atoms with Crippen molar-refractivity contribution in [3.05, 3.63) is 42.9 Å². The van der Waals surface area contributed by atoms with Crippen molar-refractivity contribution in [2.24, 2.45) is 7.05 Å². The molecule has 2 aromatic rings. The number of rotatable bonds is 5. The highest BCUT2D eigenvalue weighted by atomic mass is 16.6. The number of ether oxygens (including phenoxy) is 1. The van der Waals surface area contributed by atoms with E-state index in [2.05, 4.69) is 22.0 Å². The predicted molar refractivity (Wildman–Crippen MR) is 97.8 cm³/mol. The number of anilines is 1. The molecule has 0 aromatic carbocycles. The van der Waals surface area contributed by atoms with Crippen LogP contribution in [0.3, 0.4) is 0 Å². The summed E-state index contributed by atoms with van der Waals surface area (Å²) < 4.78 is 7.04. The average molecular weight is 343 g/mol. The lowest BCUT2D eigenvalue weighted by Gasteiger charge is -2.23. The Labute approximate surface area is 147 Å². The van der Waals surface area contributed by atoms with Crippen LogP contribution in [0.1, 0.15) is 38.9 Å². The molecule has 0 aliphatic heterocycles. The number of nitrogen functional groups attached to an aromatic ring is 1. The first-order valence-corrected chi connectivity index (χ1v) is 8.05. The van der Waals surface area contributed by atoms with E-state index in [1.807, 2.05) is 40.0 Å². The molecule has 0 aliphatic rings. The van der Waals surface area contributed by atoms with Crippen molar-refractivity contribution >= 4 is 11.8 Å². The molecule has 134 valence electrons. The van der Waals surface area contributed by atoms with Gasteiger partial charge in [-0.3, -0.25) is 9.67 Å². The molecular weight excluding hydrogens is 318 g/mol. The highest BCUT2D eigenvalue weighted by molar-refractivity contribution is 5.73. The summed E-state index contributed by atoms with van der Waals surface area (Å²) in [6.45, 7) is 9.21. The van der Waals surface area contributed by atoms with Gasteiger partial charge in [0.1, 0.15) is 5.60 Å². The number of alkyl carbamates (subject to hydrolysis) is 1. The molecule has 2 rings (SSSR count). The second-order valence-corrected chi connectivity index (χ2v) is 6.76. The van der Waals surface area contributed by atoms with Gasteiger partial charge in [-0.05, 0) is 39.3 Å². The summed E-state index contributed by atoms with van der Waals surface area (Å²) >= 11 is 0. The Balaban J connectivity index is 2.28. The zero-order valence-electron chi connectivity index (χ0n) is 15.1. The third kappa shape index (κ3) is 4.82. The zero-order valence-corrected chi connectivity index (χ0v) is 15.1. The number of pyridine rings is 1. The normalized spacial score (nSPS) is 12.5. The molecule has 3 N–H and O–H groups in total. The minimum Gasteiger partial charge on any atom is -0.444 e. The molecule has 25 heavy (non-hydrogen) atoms. The van der Waals surface area contributed by atoms with Gasteiger partial charge in [-0.1, -0.05) is 6.08 Å². The van der Waals surface area contributed by atoms with Crippen molar-refractivity contribution in [3.63, 3.8) is 0 Å². The van der Waals surface area contributed by atoms with Gasteiger partial charge in [0.2, 0.25) is 0 Å². The van der Waals surface area contributed by atoms with Gasteiger partial charge in [0, 0.05) is 18.8 Å². The Morgan fingerprint density at radius 1 is 1.52 bits per heavy atom. The van der Waals surface area contributed by atoms with Gasteiger partial charge in [-0.25, -0.2) is 4.79 Å². The highest BCUT2D eigenvalue weighted by Crippen LogP contribution is 2.27. The Kier molecular flexibility index (Phi) is 5.46. The SMILES string of the molecule is C=CCC(NC(=O)OC(C)(C)C)c1cc(-c2c(N)cnn2C)ccn1. The van der Waals surface area contributed by atoms with Crippen LogP contribution in [-0.2, 0) is 11.8 Å². The molecule has 0 radical (unpaired) electrons. The van der Waals surface area contributed by atoms with Gasteiger partial charge in [-0.15, -0.1) is 6.58 Å². The number of hydrogen-bond acceptors (Lipinski definition) is 5. The summed E-state index contributed by atoms with van der Waals surface area (Å²) in [4.78, 5) is 16.5. The molecule has 0 bridgehead atoms. The molecule has 2 aromatic heterocycles. The number of aryl methyl sites for hydroxylation is 1. The van der Waals surface area contributed by atoms with E-state index in [0.717, 1.165) is 11.3 Å². The van der Waals surface area contributed by atoms with Crippen LogP contribution in [0.2, 0.25) is 0 Å². The standard InChI is InChI=1S/C18H25N5O2/c1-6-7-14(22-17(24)25-18(2,3)4)15-10-12(8-9-20-15)16-13(19)11-21-23(16)5/h6,8-11,14H,1,7,19H2,2-5H3,(H,22,24). The lowest BCUT2D eigenvalue weighted by Crippen LogP contribution is -2.35. The second kappa shape index (κ2) is 7.38. The van der Waals surface area contributed by atoms with Gasteiger partial charge in [0.25, 0.3) is 0 Å². The maximum Gasteiger partial charge on any atom is 0.408 e. The summed E-state index contributed by atoms with van der Waals surface area (Å²) in [6.07, 6.45) is 5.05. The van der Waals surface area contributed by atoms with Crippen molar-refractivity contribution in [2.45, 2.75) is 38.8 Å². The molecule has 0 saturated carbocycles. The van der Waals surface area contributed by atoms with E-state index in [1.165, 1.54) is 0 Å². The molecule has 0 fully saturated rings. The minimum absolute atomic E-state index is 0.346. The lowest BCUT2D eigenvalue weighted by molar-refractivity contribution is 0.0503. The van der Waals surface area contributed by atoms with Gasteiger partial charge >= 0.3 is 6.09 Å². The van der Waals surface area contributed by atoms with E-state index < -0.39 is 11.7 Å². The van der Waals surface area contributed by atoms with Crippen molar-refractivity contribution < 1.29 is 9.53 Å². The Bertz CT molecular complexity index is 742. The van der Waals surface area contributed by atoms with Gasteiger partial charge in [0.05, 0.1) is 29.3 Å². The maximum absolute atomic E-state index is 12.1. The fourth-order valence-corrected chi connectivity index (χ4v) is 2.46. The van der Waals surface area contributed by atoms with Gasteiger partial charge in [-0.2, -0.15) is 5.10 Å². The number of nitrogens with zero attached hydrogens (tertiary/aromatic N) is 3. The molecule has 2 heterocycles.